The van der Waals surface area contributed by atoms with Crippen molar-refractivity contribution in [1.82, 2.24) is 15.1 Å². The van der Waals surface area contributed by atoms with Gasteiger partial charge in [0.05, 0.1) is 24.3 Å². The SMILES string of the molecule is Cc1ccc2cnn(CCC(=O)NC3CCCc4ccccc43)c2c1. The lowest BCUT2D eigenvalue weighted by molar-refractivity contribution is -0.122. The molecular formula is C21H23N3O. The van der Waals surface area contributed by atoms with Gasteiger partial charge in [-0.2, -0.15) is 5.10 Å². The van der Waals surface area contributed by atoms with Gasteiger partial charge in [0.25, 0.3) is 0 Å². The first-order valence-electron chi connectivity index (χ1n) is 9.00. The summed E-state index contributed by atoms with van der Waals surface area (Å²) in [5.41, 5.74) is 4.95. The van der Waals surface area contributed by atoms with E-state index in [-0.39, 0.29) is 11.9 Å². The highest BCUT2D eigenvalue weighted by Crippen LogP contribution is 2.29. The molecule has 1 amide bonds. The van der Waals surface area contributed by atoms with E-state index in [9.17, 15) is 4.79 Å². The molecule has 0 fully saturated rings. The molecule has 1 aliphatic rings. The summed E-state index contributed by atoms with van der Waals surface area (Å²) in [4.78, 5) is 12.5. The summed E-state index contributed by atoms with van der Waals surface area (Å²) in [7, 11) is 0. The van der Waals surface area contributed by atoms with Crippen LogP contribution in [0.3, 0.4) is 0 Å². The van der Waals surface area contributed by atoms with Crippen LogP contribution >= 0.6 is 0 Å². The summed E-state index contributed by atoms with van der Waals surface area (Å²) in [5.74, 6) is 0.0954. The fraction of sp³-hybridized carbons (Fsp3) is 0.333. The lowest BCUT2D eigenvalue weighted by Crippen LogP contribution is -2.31. The molecule has 0 aliphatic heterocycles. The first-order chi connectivity index (χ1) is 12.2. The second-order valence-electron chi connectivity index (χ2n) is 6.89. The van der Waals surface area contributed by atoms with Crippen LogP contribution in [0, 0.1) is 6.92 Å². The number of carbonyl (C=O) groups is 1. The van der Waals surface area contributed by atoms with Gasteiger partial charge in [0.1, 0.15) is 0 Å². The lowest BCUT2D eigenvalue weighted by atomic mass is 9.88. The number of hydrogen-bond acceptors (Lipinski definition) is 2. The highest BCUT2D eigenvalue weighted by atomic mass is 16.1. The number of carbonyl (C=O) groups excluding carboxylic acids is 1. The fourth-order valence-electron chi connectivity index (χ4n) is 3.74. The molecule has 128 valence electrons. The minimum atomic E-state index is 0.0954. The average molecular weight is 333 g/mol. The van der Waals surface area contributed by atoms with Crippen molar-refractivity contribution < 1.29 is 4.79 Å². The summed E-state index contributed by atoms with van der Waals surface area (Å²) >= 11 is 0. The predicted octanol–water partition coefficient (Wildman–Crippen LogP) is 3.93. The fourth-order valence-corrected chi connectivity index (χ4v) is 3.74. The molecule has 1 atom stereocenters. The van der Waals surface area contributed by atoms with E-state index in [2.05, 4.69) is 59.8 Å². The maximum atomic E-state index is 12.5. The molecule has 1 N–H and O–H groups in total. The molecule has 1 unspecified atom stereocenters. The smallest absolute Gasteiger partial charge is 0.222 e. The van der Waals surface area contributed by atoms with E-state index in [1.807, 2.05) is 10.9 Å². The van der Waals surface area contributed by atoms with Gasteiger partial charge in [-0.1, -0.05) is 36.4 Å². The number of rotatable bonds is 4. The van der Waals surface area contributed by atoms with Crippen LogP contribution in [0.1, 0.15) is 42.0 Å². The van der Waals surface area contributed by atoms with E-state index in [0.29, 0.717) is 13.0 Å². The van der Waals surface area contributed by atoms with Crippen LogP contribution in [0.15, 0.2) is 48.7 Å². The second kappa shape index (κ2) is 6.71. The number of benzene rings is 2. The molecule has 1 aliphatic carbocycles. The molecule has 2 aromatic carbocycles. The zero-order valence-corrected chi connectivity index (χ0v) is 14.5. The second-order valence-corrected chi connectivity index (χ2v) is 6.89. The van der Waals surface area contributed by atoms with Crippen LogP contribution in [0.25, 0.3) is 10.9 Å². The Balaban J connectivity index is 1.42. The standard InChI is InChI=1S/C21H23N3O/c1-15-9-10-17-14-22-24(20(17)13-15)12-11-21(25)23-19-8-4-6-16-5-2-3-7-18(16)19/h2-3,5,7,9-10,13-14,19H,4,6,8,11-12H2,1H3,(H,23,25). The summed E-state index contributed by atoms with van der Waals surface area (Å²) in [6.07, 6.45) is 5.58. The van der Waals surface area contributed by atoms with Crippen molar-refractivity contribution in [3.8, 4) is 0 Å². The quantitative estimate of drug-likeness (QED) is 0.786. The van der Waals surface area contributed by atoms with Crippen molar-refractivity contribution in [2.24, 2.45) is 0 Å². The normalized spacial score (nSPS) is 16.6. The molecule has 1 heterocycles. The number of nitrogens with zero attached hydrogens (tertiary/aromatic N) is 2. The van der Waals surface area contributed by atoms with Gasteiger partial charge in [-0.05, 0) is 48.9 Å². The first kappa shape index (κ1) is 15.9. The van der Waals surface area contributed by atoms with Gasteiger partial charge in [-0.15, -0.1) is 0 Å². The Bertz CT molecular complexity index is 912. The van der Waals surface area contributed by atoms with Crippen LogP contribution < -0.4 is 5.32 Å². The number of hydrogen-bond donors (Lipinski definition) is 1. The molecule has 0 saturated carbocycles. The Morgan fingerprint density at radius 3 is 3.08 bits per heavy atom. The molecule has 4 nitrogen and oxygen atoms in total. The number of fused-ring (bicyclic) bond motifs is 2. The van der Waals surface area contributed by atoms with Gasteiger partial charge in [0, 0.05) is 11.8 Å². The van der Waals surface area contributed by atoms with E-state index in [1.54, 1.807) is 0 Å². The molecule has 25 heavy (non-hydrogen) atoms. The number of amides is 1. The van der Waals surface area contributed by atoms with Crippen molar-refractivity contribution in [2.45, 2.75) is 45.2 Å². The molecule has 3 aromatic rings. The highest BCUT2D eigenvalue weighted by Gasteiger charge is 2.21. The Kier molecular flexibility index (Phi) is 4.26. The van der Waals surface area contributed by atoms with Crippen molar-refractivity contribution in [3.05, 3.63) is 65.4 Å². The van der Waals surface area contributed by atoms with Gasteiger partial charge in [0.2, 0.25) is 5.91 Å². The zero-order valence-electron chi connectivity index (χ0n) is 14.5. The van der Waals surface area contributed by atoms with E-state index in [0.717, 1.165) is 30.2 Å². The van der Waals surface area contributed by atoms with Crippen molar-refractivity contribution in [3.63, 3.8) is 0 Å². The van der Waals surface area contributed by atoms with Crippen LogP contribution in [-0.2, 0) is 17.8 Å². The Morgan fingerprint density at radius 1 is 1.28 bits per heavy atom. The molecule has 0 saturated heterocycles. The van der Waals surface area contributed by atoms with E-state index in [4.69, 9.17) is 0 Å². The molecular weight excluding hydrogens is 310 g/mol. The Morgan fingerprint density at radius 2 is 2.16 bits per heavy atom. The van der Waals surface area contributed by atoms with Crippen LogP contribution in [0.5, 0.6) is 0 Å². The van der Waals surface area contributed by atoms with Gasteiger partial charge in [-0.3, -0.25) is 9.48 Å². The molecule has 4 rings (SSSR count). The van der Waals surface area contributed by atoms with Crippen molar-refractivity contribution in [1.29, 1.82) is 0 Å². The molecule has 0 spiro atoms. The highest BCUT2D eigenvalue weighted by molar-refractivity contribution is 5.80. The predicted molar refractivity (Wildman–Crippen MR) is 99.4 cm³/mol. The van der Waals surface area contributed by atoms with Gasteiger partial charge in [-0.25, -0.2) is 0 Å². The number of aromatic nitrogens is 2. The minimum Gasteiger partial charge on any atom is -0.349 e. The van der Waals surface area contributed by atoms with Crippen LogP contribution in [0.4, 0.5) is 0 Å². The summed E-state index contributed by atoms with van der Waals surface area (Å²) in [6.45, 7) is 2.68. The average Bonchev–Trinajstić information content (AvgIpc) is 3.02. The van der Waals surface area contributed by atoms with E-state index >= 15 is 0 Å². The Labute approximate surface area is 147 Å². The van der Waals surface area contributed by atoms with Gasteiger partial charge in [0.15, 0.2) is 0 Å². The number of nitrogens with one attached hydrogen (secondary N) is 1. The largest absolute Gasteiger partial charge is 0.349 e. The number of aryl methyl sites for hydroxylation is 3. The van der Waals surface area contributed by atoms with E-state index in [1.165, 1.54) is 16.7 Å². The third-order valence-electron chi connectivity index (χ3n) is 5.06. The molecule has 4 heteroatoms. The Hall–Kier alpha value is -2.62. The molecule has 0 bridgehead atoms. The topological polar surface area (TPSA) is 46.9 Å². The van der Waals surface area contributed by atoms with Gasteiger partial charge >= 0.3 is 0 Å². The van der Waals surface area contributed by atoms with Gasteiger partial charge < -0.3 is 5.32 Å². The summed E-state index contributed by atoms with van der Waals surface area (Å²) < 4.78 is 1.93. The van der Waals surface area contributed by atoms with E-state index < -0.39 is 0 Å². The minimum absolute atomic E-state index is 0.0954. The monoisotopic (exact) mass is 333 g/mol. The van der Waals surface area contributed by atoms with Crippen molar-refractivity contribution in [2.75, 3.05) is 0 Å². The molecule has 1 aromatic heterocycles. The zero-order chi connectivity index (χ0) is 17.2. The third-order valence-corrected chi connectivity index (χ3v) is 5.06. The summed E-state index contributed by atoms with van der Waals surface area (Å²) in [5, 5.41) is 8.76. The maximum absolute atomic E-state index is 12.5. The van der Waals surface area contributed by atoms with Crippen molar-refractivity contribution >= 4 is 16.8 Å². The lowest BCUT2D eigenvalue weighted by Gasteiger charge is -2.26. The van der Waals surface area contributed by atoms with Crippen LogP contribution in [0.2, 0.25) is 0 Å². The first-order valence-corrected chi connectivity index (χ1v) is 9.00. The summed E-state index contributed by atoms with van der Waals surface area (Å²) in [6, 6.07) is 14.9. The third kappa shape index (κ3) is 3.29. The molecule has 0 radical (unpaired) electrons. The van der Waals surface area contributed by atoms with Crippen LogP contribution in [-0.4, -0.2) is 15.7 Å². The maximum Gasteiger partial charge on any atom is 0.222 e.